The third-order valence-electron chi connectivity index (χ3n) is 3.74. The molecule has 1 unspecified atom stereocenters. The van der Waals surface area contributed by atoms with Crippen LogP contribution >= 0.6 is 0 Å². The fraction of sp³-hybridized carbons (Fsp3) is 0.833. The first-order chi connectivity index (χ1) is 8.16. The highest BCUT2D eigenvalue weighted by Crippen LogP contribution is 2.25. The molecule has 1 aliphatic carbocycles. The summed E-state index contributed by atoms with van der Waals surface area (Å²) >= 11 is 0. The summed E-state index contributed by atoms with van der Waals surface area (Å²) in [4.78, 5) is 24.4. The Bertz CT molecular complexity index is 300. The molecule has 0 aromatic rings. The van der Waals surface area contributed by atoms with Crippen molar-refractivity contribution in [2.75, 3.05) is 13.1 Å². The normalized spacial score (nSPS) is 26.7. The van der Waals surface area contributed by atoms with Gasteiger partial charge in [0.15, 0.2) is 0 Å². The van der Waals surface area contributed by atoms with Gasteiger partial charge in [-0.25, -0.2) is 4.79 Å². The van der Waals surface area contributed by atoms with Gasteiger partial charge in [0.05, 0.1) is 6.42 Å². The molecule has 1 saturated carbocycles. The topological polar surface area (TPSA) is 69.6 Å². The molecule has 5 heteroatoms. The molecule has 0 aromatic carbocycles. The Hall–Kier alpha value is -1.26. The van der Waals surface area contributed by atoms with E-state index in [1.165, 1.54) is 19.3 Å². The largest absolute Gasteiger partial charge is 0.481 e. The molecule has 96 valence electrons. The maximum atomic E-state index is 11.8. The minimum absolute atomic E-state index is 0.0152. The van der Waals surface area contributed by atoms with Crippen LogP contribution < -0.4 is 5.32 Å². The third-order valence-corrected chi connectivity index (χ3v) is 3.74. The van der Waals surface area contributed by atoms with E-state index in [1.807, 2.05) is 4.90 Å². The lowest BCUT2D eigenvalue weighted by Gasteiger charge is -2.39. The van der Waals surface area contributed by atoms with E-state index in [0.717, 1.165) is 12.8 Å². The number of rotatable bonds is 3. The van der Waals surface area contributed by atoms with Crippen LogP contribution in [0.1, 0.15) is 38.5 Å². The van der Waals surface area contributed by atoms with Crippen LogP contribution in [0, 0.1) is 5.92 Å². The summed E-state index contributed by atoms with van der Waals surface area (Å²) in [7, 11) is 0. The SMILES string of the molecule is O=C(O)CC1CNC(=O)N(C2CCCCC2)C1. The van der Waals surface area contributed by atoms with Crippen LogP contribution in [0.15, 0.2) is 0 Å². The van der Waals surface area contributed by atoms with Crippen molar-refractivity contribution < 1.29 is 14.7 Å². The number of amides is 2. The van der Waals surface area contributed by atoms with Crippen molar-refractivity contribution in [3.8, 4) is 0 Å². The highest BCUT2D eigenvalue weighted by Gasteiger charge is 2.32. The van der Waals surface area contributed by atoms with Gasteiger partial charge in [0, 0.05) is 25.0 Å². The van der Waals surface area contributed by atoms with Gasteiger partial charge < -0.3 is 15.3 Å². The molecular weight excluding hydrogens is 220 g/mol. The average Bonchev–Trinajstić information content (AvgIpc) is 2.32. The van der Waals surface area contributed by atoms with E-state index in [0.29, 0.717) is 19.1 Å². The number of nitrogens with zero attached hydrogens (tertiary/aromatic N) is 1. The number of hydrogen-bond acceptors (Lipinski definition) is 2. The number of urea groups is 1. The third kappa shape index (κ3) is 3.11. The Morgan fingerprint density at radius 2 is 2.06 bits per heavy atom. The Balaban J connectivity index is 1.93. The lowest BCUT2D eigenvalue weighted by atomic mass is 9.92. The van der Waals surface area contributed by atoms with Gasteiger partial charge in [-0.3, -0.25) is 4.79 Å². The number of aliphatic carboxylic acids is 1. The van der Waals surface area contributed by atoms with Crippen LogP contribution in [0.4, 0.5) is 4.79 Å². The van der Waals surface area contributed by atoms with Crippen molar-refractivity contribution in [3.05, 3.63) is 0 Å². The van der Waals surface area contributed by atoms with Crippen LogP contribution in [0.3, 0.4) is 0 Å². The second-order valence-electron chi connectivity index (χ2n) is 5.09. The fourth-order valence-electron chi connectivity index (χ4n) is 2.85. The summed E-state index contributed by atoms with van der Waals surface area (Å²) in [5, 5.41) is 11.6. The van der Waals surface area contributed by atoms with Crippen LogP contribution in [-0.4, -0.2) is 41.1 Å². The molecule has 1 heterocycles. The zero-order chi connectivity index (χ0) is 12.3. The van der Waals surface area contributed by atoms with E-state index < -0.39 is 5.97 Å². The van der Waals surface area contributed by atoms with E-state index in [9.17, 15) is 9.59 Å². The standard InChI is InChI=1S/C12H20N2O3/c15-11(16)6-9-7-13-12(17)14(8-9)10-4-2-1-3-5-10/h9-10H,1-8H2,(H,13,17)(H,15,16). The average molecular weight is 240 g/mol. The van der Waals surface area contributed by atoms with E-state index in [4.69, 9.17) is 5.11 Å². The van der Waals surface area contributed by atoms with Crippen molar-refractivity contribution in [1.29, 1.82) is 0 Å². The van der Waals surface area contributed by atoms with Crippen molar-refractivity contribution >= 4 is 12.0 Å². The zero-order valence-electron chi connectivity index (χ0n) is 10.0. The van der Waals surface area contributed by atoms with Gasteiger partial charge in [0.1, 0.15) is 0 Å². The van der Waals surface area contributed by atoms with Gasteiger partial charge in [0.2, 0.25) is 0 Å². The maximum absolute atomic E-state index is 11.8. The summed E-state index contributed by atoms with van der Waals surface area (Å²) < 4.78 is 0. The molecule has 1 aliphatic heterocycles. The van der Waals surface area contributed by atoms with Crippen LogP contribution in [0.5, 0.6) is 0 Å². The molecule has 2 N–H and O–H groups in total. The molecule has 0 radical (unpaired) electrons. The molecule has 5 nitrogen and oxygen atoms in total. The highest BCUT2D eigenvalue weighted by atomic mass is 16.4. The zero-order valence-corrected chi connectivity index (χ0v) is 10.0. The van der Waals surface area contributed by atoms with Gasteiger partial charge >= 0.3 is 12.0 Å². The van der Waals surface area contributed by atoms with Gasteiger partial charge in [-0.05, 0) is 12.8 Å². The van der Waals surface area contributed by atoms with E-state index in [-0.39, 0.29) is 18.4 Å². The second-order valence-corrected chi connectivity index (χ2v) is 5.09. The highest BCUT2D eigenvalue weighted by molar-refractivity contribution is 5.76. The molecule has 2 amide bonds. The quantitative estimate of drug-likeness (QED) is 0.784. The number of carbonyl (C=O) groups is 2. The lowest BCUT2D eigenvalue weighted by molar-refractivity contribution is -0.138. The predicted octanol–water partition coefficient (Wildman–Crippen LogP) is 1.44. The van der Waals surface area contributed by atoms with Crippen LogP contribution in [-0.2, 0) is 4.79 Å². The van der Waals surface area contributed by atoms with Gasteiger partial charge in [-0.1, -0.05) is 19.3 Å². The van der Waals surface area contributed by atoms with Gasteiger partial charge in [-0.2, -0.15) is 0 Å². The second kappa shape index (κ2) is 5.38. The number of hydrogen-bond donors (Lipinski definition) is 2. The van der Waals surface area contributed by atoms with Gasteiger partial charge in [-0.15, -0.1) is 0 Å². The first-order valence-corrected chi connectivity index (χ1v) is 6.43. The van der Waals surface area contributed by atoms with Crippen molar-refractivity contribution in [2.45, 2.75) is 44.6 Å². The predicted molar refractivity (Wildman–Crippen MR) is 62.7 cm³/mol. The molecule has 17 heavy (non-hydrogen) atoms. The molecule has 1 saturated heterocycles. The Morgan fingerprint density at radius 1 is 1.35 bits per heavy atom. The first kappa shape index (κ1) is 12.2. The summed E-state index contributed by atoms with van der Waals surface area (Å²) in [5.74, 6) is -0.734. The Kier molecular flexibility index (Phi) is 3.86. The van der Waals surface area contributed by atoms with Crippen molar-refractivity contribution in [3.63, 3.8) is 0 Å². The molecule has 2 fully saturated rings. The van der Waals surface area contributed by atoms with E-state index >= 15 is 0 Å². The minimum atomic E-state index is -0.783. The molecule has 2 aliphatic rings. The van der Waals surface area contributed by atoms with Crippen molar-refractivity contribution in [2.24, 2.45) is 5.92 Å². The smallest absolute Gasteiger partial charge is 0.317 e. The first-order valence-electron chi connectivity index (χ1n) is 6.43. The monoisotopic (exact) mass is 240 g/mol. The van der Waals surface area contributed by atoms with E-state index in [2.05, 4.69) is 5.32 Å². The summed E-state index contributed by atoms with van der Waals surface area (Å²) in [6.45, 7) is 1.09. The Morgan fingerprint density at radius 3 is 2.71 bits per heavy atom. The van der Waals surface area contributed by atoms with Crippen molar-refractivity contribution in [1.82, 2.24) is 10.2 Å². The molecule has 0 spiro atoms. The molecule has 0 aromatic heterocycles. The Labute approximate surface area is 101 Å². The minimum Gasteiger partial charge on any atom is -0.481 e. The van der Waals surface area contributed by atoms with E-state index in [1.54, 1.807) is 0 Å². The number of carboxylic acids is 1. The number of carbonyl (C=O) groups excluding carboxylic acids is 1. The number of nitrogens with one attached hydrogen (secondary N) is 1. The summed E-state index contributed by atoms with van der Waals surface area (Å²) in [6, 6.07) is 0.305. The summed E-state index contributed by atoms with van der Waals surface area (Å²) in [5.41, 5.74) is 0. The lowest BCUT2D eigenvalue weighted by Crippen LogP contribution is -2.55. The van der Waals surface area contributed by atoms with Crippen LogP contribution in [0.2, 0.25) is 0 Å². The van der Waals surface area contributed by atoms with Crippen LogP contribution in [0.25, 0.3) is 0 Å². The maximum Gasteiger partial charge on any atom is 0.317 e. The molecule has 0 bridgehead atoms. The van der Waals surface area contributed by atoms with Gasteiger partial charge in [0.25, 0.3) is 0 Å². The summed E-state index contributed by atoms with van der Waals surface area (Å²) in [6.07, 6.45) is 5.88. The molecule has 1 atom stereocenters. The molecular formula is C12H20N2O3. The molecule has 2 rings (SSSR count). The number of carboxylic acid groups (broad SMARTS) is 1. The fourth-order valence-corrected chi connectivity index (χ4v) is 2.85.